The van der Waals surface area contributed by atoms with Crippen LogP contribution in [0.3, 0.4) is 0 Å². The highest BCUT2D eigenvalue weighted by Gasteiger charge is 2.35. The molecule has 2 heterocycles. The minimum atomic E-state index is -4.62. The van der Waals surface area contributed by atoms with E-state index in [4.69, 9.17) is 9.15 Å². The van der Waals surface area contributed by atoms with Gasteiger partial charge in [-0.3, -0.25) is 9.54 Å². The highest BCUT2D eigenvalue weighted by molar-refractivity contribution is 7.86. The van der Waals surface area contributed by atoms with Gasteiger partial charge in [-0.15, -0.1) is 0 Å². The zero-order valence-electron chi connectivity index (χ0n) is 13.2. The number of aryl methyl sites for hydroxylation is 1. The number of pyridine rings is 1. The molecule has 2 aromatic heterocycles. The Morgan fingerprint density at radius 1 is 1.27 bits per heavy atom. The molecule has 0 saturated heterocycles. The second kappa shape index (κ2) is 6.29. The third-order valence-electron chi connectivity index (χ3n) is 3.59. The van der Waals surface area contributed by atoms with E-state index in [2.05, 4.69) is 4.98 Å². The van der Waals surface area contributed by atoms with Crippen molar-refractivity contribution >= 4 is 21.1 Å². The predicted molar refractivity (Wildman–Crippen MR) is 84.3 cm³/mol. The fraction of sp³-hybridized carbons (Fsp3) is 0.188. The van der Waals surface area contributed by atoms with Crippen molar-refractivity contribution in [3.05, 3.63) is 53.5 Å². The Morgan fingerprint density at radius 3 is 2.65 bits per heavy atom. The van der Waals surface area contributed by atoms with Crippen LogP contribution in [-0.4, -0.2) is 18.0 Å². The van der Waals surface area contributed by atoms with Crippen molar-refractivity contribution in [2.24, 2.45) is 0 Å². The van der Waals surface area contributed by atoms with E-state index in [1.54, 1.807) is 0 Å². The highest BCUT2D eigenvalue weighted by atomic mass is 32.2. The lowest BCUT2D eigenvalue weighted by Crippen LogP contribution is -2.13. The Balaban J connectivity index is 1.94. The quantitative estimate of drug-likeness (QED) is 0.681. The van der Waals surface area contributed by atoms with Gasteiger partial charge in [0.25, 0.3) is 10.1 Å². The molecule has 6 nitrogen and oxygen atoms in total. The SMILES string of the molecule is Cc1oc2ccc(OCc3cccnc3C(F)(F)F)cc2c1S(=O)(=O)O. The van der Waals surface area contributed by atoms with Crippen LogP contribution in [0.15, 0.2) is 45.8 Å². The molecule has 1 aromatic carbocycles. The van der Waals surface area contributed by atoms with Gasteiger partial charge in [0.05, 0.1) is 0 Å². The molecule has 1 N–H and O–H groups in total. The van der Waals surface area contributed by atoms with E-state index in [9.17, 15) is 26.1 Å². The Hall–Kier alpha value is -2.59. The summed E-state index contributed by atoms with van der Waals surface area (Å²) in [6.07, 6.45) is -3.59. The summed E-state index contributed by atoms with van der Waals surface area (Å²) in [6.45, 7) is 0.946. The van der Waals surface area contributed by atoms with E-state index in [1.165, 1.54) is 37.3 Å². The molecule has 0 radical (unpaired) electrons. The van der Waals surface area contributed by atoms with Gasteiger partial charge in [-0.1, -0.05) is 6.07 Å². The first-order valence-electron chi connectivity index (χ1n) is 7.22. The monoisotopic (exact) mass is 387 g/mol. The second-order valence-electron chi connectivity index (χ2n) is 5.42. The lowest BCUT2D eigenvalue weighted by Gasteiger charge is -2.12. The minimum Gasteiger partial charge on any atom is -0.489 e. The Bertz CT molecular complexity index is 1070. The van der Waals surface area contributed by atoms with Gasteiger partial charge >= 0.3 is 6.18 Å². The highest BCUT2D eigenvalue weighted by Crippen LogP contribution is 2.33. The second-order valence-corrected chi connectivity index (χ2v) is 6.78. The van der Waals surface area contributed by atoms with Crippen LogP contribution >= 0.6 is 0 Å². The molecular weight excluding hydrogens is 375 g/mol. The molecule has 0 aliphatic rings. The van der Waals surface area contributed by atoms with Crippen LogP contribution in [0.4, 0.5) is 13.2 Å². The molecule has 0 saturated carbocycles. The molecular formula is C16H12F3NO5S. The molecule has 0 bridgehead atoms. The molecule has 0 fully saturated rings. The molecule has 0 atom stereocenters. The standard InChI is InChI=1S/C16H12F3NO5S/c1-9-14(26(21,22)23)12-7-11(4-5-13(12)25-9)24-8-10-3-2-6-20-15(10)16(17,18)19/h2-7H,8H2,1H3,(H,21,22,23). The van der Waals surface area contributed by atoms with E-state index in [-0.39, 0.29) is 28.0 Å². The molecule has 138 valence electrons. The number of hydrogen-bond donors (Lipinski definition) is 1. The van der Waals surface area contributed by atoms with E-state index in [1.807, 2.05) is 0 Å². The first-order valence-corrected chi connectivity index (χ1v) is 8.66. The Kier molecular flexibility index (Phi) is 4.41. The average molecular weight is 387 g/mol. The smallest absolute Gasteiger partial charge is 0.433 e. The van der Waals surface area contributed by atoms with Gasteiger partial charge in [0.1, 0.15) is 28.6 Å². The van der Waals surface area contributed by atoms with Gasteiger partial charge < -0.3 is 9.15 Å². The fourth-order valence-electron chi connectivity index (χ4n) is 2.56. The summed E-state index contributed by atoms with van der Waals surface area (Å²) < 4.78 is 81.8. The number of alkyl halides is 3. The summed E-state index contributed by atoms with van der Waals surface area (Å²) in [5.41, 5.74) is -1.03. The lowest BCUT2D eigenvalue weighted by molar-refractivity contribution is -0.142. The van der Waals surface area contributed by atoms with E-state index < -0.39 is 33.5 Å². The Labute approximate surface area is 146 Å². The fourth-order valence-corrected chi connectivity index (χ4v) is 3.40. The molecule has 26 heavy (non-hydrogen) atoms. The number of rotatable bonds is 4. The van der Waals surface area contributed by atoms with Crippen LogP contribution in [-0.2, 0) is 22.9 Å². The largest absolute Gasteiger partial charge is 0.489 e. The Morgan fingerprint density at radius 2 is 2.00 bits per heavy atom. The predicted octanol–water partition coefficient (Wildman–Crippen LogP) is 3.98. The topological polar surface area (TPSA) is 89.6 Å². The number of hydrogen-bond acceptors (Lipinski definition) is 5. The van der Waals surface area contributed by atoms with E-state index in [0.29, 0.717) is 0 Å². The number of benzene rings is 1. The lowest BCUT2D eigenvalue weighted by atomic mass is 10.2. The summed E-state index contributed by atoms with van der Waals surface area (Å²) in [4.78, 5) is 2.92. The maximum atomic E-state index is 12.9. The maximum Gasteiger partial charge on any atom is 0.433 e. The molecule has 10 heteroatoms. The first-order chi connectivity index (χ1) is 12.1. The number of furan rings is 1. The van der Waals surface area contributed by atoms with E-state index in [0.717, 1.165) is 6.20 Å². The van der Waals surface area contributed by atoms with Crippen LogP contribution in [0, 0.1) is 6.92 Å². The molecule has 3 aromatic rings. The van der Waals surface area contributed by atoms with Gasteiger partial charge in [0, 0.05) is 17.1 Å². The molecule has 3 rings (SSSR count). The zero-order chi connectivity index (χ0) is 19.1. The zero-order valence-corrected chi connectivity index (χ0v) is 14.1. The van der Waals surface area contributed by atoms with Crippen molar-refractivity contribution in [2.75, 3.05) is 0 Å². The van der Waals surface area contributed by atoms with Gasteiger partial charge in [-0.2, -0.15) is 21.6 Å². The molecule has 0 aliphatic heterocycles. The van der Waals surface area contributed by atoms with Crippen LogP contribution in [0.1, 0.15) is 17.0 Å². The minimum absolute atomic E-state index is 0.00809. The first kappa shape index (κ1) is 18.2. The number of aromatic nitrogens is 1. The third-order valence-corrected chi connectivity index (χ3v) is 4.61. The van der Waals surface area contributed by atoms with Crippen LogP contribution in [0.5, 0.6) is 5.75 Å². The summed E-state index contributed by atoms with van der Waals surface area (Å²) >= 11 is 0. The van der Waals surface area contributed by atoms with Crippen molar-refractivity contribution in [1.82, 2.24) is 4.98 Å². The number of halogens is 3. The molecule has 0 amide bonds. The van der Waals surface area contributed by atoms with Crippen molar-refractivity contribution in [1.29, 1.82) is 0 Å². The molecule has 0 aliphatic carbocycles. The van der Waals surface area contributed by atoms with Crippen LogP contribution in [0.2, 0.25) is 0 Å². The molecule has 0 spiro atoms. The summed E-state index contributed by atoms with van der Waals surface area (Å²) in [7, 11) is -4.53. The van der Waals surface area contributed by atoms with Crippen molar-refractivity contribution in [2.45, 2.75) is 24.6 Å². The van der Waals surface area contributed by atoms with Crippen LogP contribution in [0.25, 0.3) is 11.0 Å². The van der Waals surface area contributed by atoms with Crippen molar-refractivity contribution in [3.8, 4) is 5.75 Å². The number of ether oxygens (including phenoxy) is 1. The van der Waals surface area contributed by atoms with Gasteiger partial charge in [0.2, 0.25) is 0 Å². The van der Waals surface area contributed by atoms with E-state index >= 15 is 0 Å². The summed E-state index contributed by atoms with van der Waals surface area (Å²) in [5.74, 6) is 0.103. The van der Waals surface area contributed by atoms with Gasteiger partial charge in [-0.05, 0) is 31.2 Å². The van der Waals surface area contributed by atoms with Crippen molar-refractivity contribution in [3.63, 3.8) is 0 Å². The average Bonchev–Trinajstić information content (AvgIpc) is 2.87. The maximum absolute atomic E-state index is 12.9. The summed E-state index contributed by atoms with van der Waals surface area (Å²) in [6, 6.07) is 6.69. The molecule has 0 unspecified atom stereocenters. The van der Waals surface area contributed by atoms with Gasteiger partial charge in [0.15, 0.2) is 5.69 Å². The third kappa shape index (κ3) is 3.51. The number of fused-ring (bicyclic) bond motifs is 1. The summed E-state index contributed by atoms with van der Waals surface area (Å²) in [5, 5.41) is 0.0738. The number of nitrogens with zero attached hydrogens (tertiary/aromatic N) is 1. The van der Waals surface area contributed by atoms with Gasteiger partial charge in [-0.25, -0.2) is 0 Å². The normalized spacial score (nSPS) is 12.5. The van der Waals surface area contributed by atoms with Crippen molar-refractivity contribution < 1.29 is 35.3 Å². The van der Waals surface area contributed by atoms with Crippen LogP contribution < -0.4 is 4.74 Å².